The molecule has 8 atom stereocenters. The van der Waals surface area contributed by atoms with E-state index in [0.29, 0.717) is 6.42 Å². The second kappa shape index (κ2) is 5.47. The van der Waals surface area contributed by atoms with Crippen LogP contribution in [0.2, 0.25) is 0 Å². The summed E-state index contributed by atoms with van der Waals surface area (Å²) in [4.78, 5) is 37.6. The quantitative estimate of drug-likeness (QED) is 0.549. The largest absolute Gasteiger partial charge is 0.462 e. The summed E-state index contributed by atoms with van der Waals surface area (Å²) < 4.78 is 5.58. The van der Waals surface area contributed by atoms with Crippen molar-refractivity contribution in [3.05, 3.63) is 11.6 Å². The molecule has 0 aromatic heterocycles. The molecule has 4 aliphatic rings. The van der Waals surface area contributed by atoms with Gasteiger partial charge in [0.25, 0.3) is 0 Å². The Morgan fingerprint density at radius 1 is 1.23 bits per heavy atom. The molecule has 1 heterocycles. The third kappa shape index (κ3) is 1.91. The highest BCUT2D eigenvalue weighted by Gasteiger charge is 2.73. The molecule has 1 aliphatic heterocycles. The van der Waals surface area contributed by atoms with Crippen LogP contribution in [-0.4, -0.2) is 57.8 Å². The summed E-state index contributed by atoms with van der Waals surface area (Å²) in [5.74, 6) is -3.10. The lowest BCUT2D eigenvalue weighted by molar-refractivity contribution is -0.251. The smallest absolute Gasteiger partial charge is 0.306 e. The minimum Gasteiger partial charge on any atom is -0.462 e. The number of hydrogen-bond donors (Lipinski definition) is 3. The zero-order valence-corrected chi connectivity index (χ0v) is 14.8. The van der Waals surface area contributed by atoms with E-state index in [1.165, 1.54) is 6.08 Å². The number of carbonyl (C=O) groups excluding carboxylic acids is 3. The second-order valence-corrected chi connectivity index (χ2v) is 8.58. The molecule has 3 aliphatic carbocycles. The first-order chi connectivity index (χ1) is 12.2. The van der Waals surface area contributed by atoms with Gasteiger partial charge in [0.2, 0.25) is 0 Å². The van der Waals surface area contributed by atoms with Crippen molar-refractivity contribution < 1.29 is 34.4 Å². The van der Waals surface area contributed by atoms with Crippen LogP contribution in [0.1, 0.15) is 33.1 Å². The molecule has 2 saturated carbocycles. The van der Waals surface area contributed by atoms with Crippen molar-refractivity contribution in [2.24, 2.45) is 28.6 Å². The molecule has 0 amide bonds. The molecule has 7 heteroatoms. The first-order valence-electron chi connectivity index (χ1n) is 9.10. The molecular formula is C19H24O7. The molecular weight excluding hydrogens is 340 g/mol. The van der Waals surface area contributed by atoms with Gasteiger partial charge in [0.15, 0.2) is 11.6 Å². The van der Waals surface area contributed by atoms with Crippen LogP contribution >= 0.6 is 0 Å². The molecule has 3 fully saturated rings. The third-order valence-electron chi connectivity index (χ3n) is 7.58. The highest BCUT2D eigenvalue weighted by atomic mass is 16.5. The second-order valence-electron chi connectivity index (χ2n) is 8.58. The number of ether oxygens (including phenoxy) is 1. The van der Waals surface area contributed by atoms with E-state index in [1.807, 2.05) is 0 Å². The number of Topliss-reactive ketones (excluding diaryl/α,β-unsaturated/α-hetero) is 1. The van der Waals surface area contributed by atoms with Crippen LogP contribution < -0.4 is 0 Å². The van der Waals surface area contributed by atoms with Gasteiger partial charge >= 0.3 is 5.97 Å². The van der Waals surface area contributed by atoms with Gasteiger partial charge in [-0.2, -0.15) is 0 Å². The summed E-state index contributed by atoms with van der Waals surface area (Å²) >= 11 is 0. The summed E-state index contributed by atoms with van der Waals surface area (Å²) in [6.07, 6.45) is -1.54. The van der Waals surface area contributed by atoms with E-state index in [4.69, 9.17) is 4.74 Å². The number of aliphatic hydroxyl groups is 3. The van der Waals surface area contributed by atoms with Gasteiger partial charge in [0, 0.05) is 23.2 Å². The van der Waals surface area contributed by atoms with E-state index in [0.717, 1.165) is 5.57 Å². The number of aliphatic hydroxyl groups excluding tert-OH is 3. The number of hydrogen-bond acceptors (Lipinski definition) is 7. The summed E-state index contributed by atoms with van der Waals surface area (Å²) in [7, 11) is 0. The molecule has 26 heavy (non-hydrogen) atoms. The normalized spacial score (nSPS) is 50.5. The Morgan fingerprint density at radius 3 is 2.58 bits per heavy atom. The van der Waals surface area contributed by atoms with E-state index in [9.17, 15) is 29.7 Å². The molecule has 3 N–H and O–H groups in total. The maximum Gasteiger partial charge on any atom is 0.306 e. The molecule has 0 spiro atoms. The van der Waals surface area contributed by atoms with Gasteiger partial charge in [-0.05, 0) is 37.7 Å². The standard InChI is InChI=1S/C19H24O7/c1-8-3-12(22)17(25)18(2)10(8)6-13-19(7-20)9(5-14(23)26-13)4-11(21)15(24)16(18)19/h3,9-11,13,16-17,20-21,25H,4-7H2,1-2H3/t9-,10?,11+,13-,16+,17-,18+,19-/m1/s1. The number of allylic oxidation sites excluding steroid dienone is 1. The number of esters is 1. The molecule has 0 radical (unpaired) electrons. The van der Waals surface area contributed by atoms with E-state index in [1.54, 1.807) is 13.8 Å². The van der Waals surface area contributed by atoms with Gasteiger partial charge < -0.3 is 20.1 Å². The summed E-state index contributed by atoms with van der Waals surface area (Å²) in [6.45, 7) is 3.06. The van der Waals surface area contributed by atoms with Gasteiger partial charge in [0.05, 0.1) is 6.61 Å². The fourth-order valence-electron chi connectivity index (χ4n) is 6.42. The maximum atomic E-state index is 13.1. The molecule has 0 aromatic carbocycles. The molecule has 0 aromatic rings. The minimum atomic E-state index is -1.40. The van der Waals surface area contributed by atoms with Crippen molar-refractivity contribution >= 4 is 17.5 Å². The van der Waals surface area contributed by atoms with Crippen molar-refractivity contribution in [2.45, 2.75) is 51.4 Å². The van der Waals surface area contributed by atoms with Crippen molar-refractivity contribution in [1.29, 1.82) is 0 Å². The van der Waals surface area contributed by atoms with Crippen LogP contribution in [0.25, 0.3) is 0 Å². The van der Waals surface area contributed by atoms with Gasteiger partial charge in [0.1, 0.15) is 18.3 Å². The molecule has 7 nitrogen and oxygen atoms in total. The Hall–Kier alpha value is -1.57. The fraction of sp³-hybridized carbons (Fsp3) is 0.737. The first-order valence-corrected chi connectivity index (χ1v) is 9.10. The zero-order chi connectivity index (χ0) is 19.0. The molecule has 0 bridgehead atoms. The summed E-state index contributed by atoms with van der Waals surface area (Å²) in [5, 5.41) is 31.6. The predicted molar refractivity (Wildman–Crippen MR) is 87.6 cm³/mol. The van der Waals surface area contributed by atoms with Crippen LogP contribution in [0.15, 0.2) is 11.6 Å². The van der Waals surface area contributed by atoms with Crippen molar-refractivity contribution in [1.82, 2.24) is 0 Å². The van der Waals surface area contributed by atoms with Crippen molar-refractivity contribution in [3.8, 4) is 0 Å². The topological polar surface area (TPSA) is 121 Å². The lowest BCUT2D eigenvalue weighted by Gasteiger charge is -2.66. The van der Waals surface area contributed by atoms with Gasteiger partial charge in [-0.1, -0.05) is 12.5 Å². The highest BCUT2D eigenvalue weighted by Crippen LogP contribution is 2.66. The molecule has 142 valence electrons. The molecule has 1 unspecified atom stereocenters. The van der Waals surface area contributed by atoms with Crippen LogP contribution in [0.4, 0.5) is 0 Å². The van der Waals surface area contributed by atoms with E-state index < -0.39 is 65.1 Å². The van der Waals surface area contributed by atoms with E-state index in [2.05, 4.69) is 0 Å². The van der Waals surface area contributed by atoms with Crippen molar-refractivity contribution in [3.63, 3.8) is 0 Å². The Morgan fingerprint density at radius 2 is 1.92 bits per heavy atom. The van der Waals surface area contributed by atoms with E-state index in [-0.39, 0.29) is 18.8 Å². The Bertz CT molecular complexity index is 727. The molecule has 1 saturated heterocycles. The summed E-state index contributed by atoms with van der Waals surface area (Å²) in [5.41, 5.74) is -1.51. The zero-order valence-electron chi connectivity index (χ0n) is 14.8. The number of ketones is 2. The third-order valence-corrected chi connectivity index (χ3v) is 7.58. The van der Waals surface area contributed by atoms with Crippen molar-refractivity contribution in [2.75, 3.05) is 6.61 Å². The maximum absolute atomic E-state index is 13.1. The Kier molecular flexibility index (Phi) is 3.75. The lowest BCUT2D eigenvalue weighted by atomic mass is 9.39. The number of fused-ring (bicyclic) bond motifs is 2. The minimum absolute atomic E-state index is 0.0114. The lowest BCUT2D eigenvalue weighted by Crippen LogP contribution is -2.73. The average Bonchev–Trinajstić information content (AvgIpc) is 2.58. The highest BCUT2D eigenvalue weighted by molar-refractivity contribution is 5.98. The van der Waals surface area contributed by atoms with Gasteiger partial charge in [-0.3, -0.25) is 14.4 Å². The predicted octanol–water partition coefficient (Wildman–Crippen LogP) is -0.237. The first kappa shape index (κ1) is 17.8. The monoisotopic (exact) mass is 364 g/mol. The van der Waals surface area contributed by atoms with Crippen LogP contribution in [0, 0.1) is 28.6 Å². The van der Waals surface area contributed by atoms with Crippen LogP contribution in [0.3, 0.4) is 0 Å². The van der Waals surface area contributed by atoms with E-state index >= 15 is 0 Å². The fourth-order valence-corrected chi connectivity index (χ4v) is 6.42. The SMILES string of the molecule is CC1=CC(=O)[C@@H](O)[C@@]2(C)C1C[C@H]1OC(=O)C[C@H]3C[C@H](O)C(=O)[C@@H]2[C@]31CO. The Balaban J connectivity index is 1.96. The molecule has 4 rings (SSSR count). The number of rotatable bonds is 1. The van der Waals surface area contributed by atoms with Gasteiger partial charge in [-0.15, -0.1) is 0 Å². The average molecular weight is 364 g/mol. The Labute approximate surface area is 151 Å². The van der Waals surface area contributed by atoms with Gasteiger partial charge in [-0.25, -0.2) is 0 Å². The van der Waals surface area contributed by atoms with Crippen LogP contribution in [0.5, 0.6) is 0 Å². The summed E-state index contributed by atoms with van der Waals surface area (Å²) in [6, 6.07) is 0. The number of carbonyl (C=O) groups is 3. The van der Waals surface area contributed by atoms with Crippen LogP contribution in [-0.2, 0) is 19.1 Å².